The molecule has 4 aromatic carbocycles. The van der Waals surface area contributed by atoms with Gasteiger partial charge in [-0.15, -0.1) is 11.8 Å². The van der Waals surface area contributed by atoms with Crippen LogP contribution in [0.1, 0.15) is 47.1 Å². The number of halogens is 1. The largest absolute Gasteiger partial charge is 0.399 e. The van der Waals surface area contributed by atoms with Gasteiger partial charge in [0, 0.05) is 33.9 Å². The van der Waals surface area contributed by atoms with E-state index in [0.717, 1.165) is 15.7 Å². The Kier molecular flexibility index (Phi) is 9.40. The lowest BCUT2D eigenvalue weighted by Crippen LogP contribution is -2.46. The number of hydrogen-bond acceptors (Lipinski definition) is 5. The quantitative estimate of drug-likeness (QED) is 0.143. The molecule has 0 saturated carbocycles. The summed E-state index contributed by atoms with van der Waals surface area (Å²) in [6.07, 6.45) is -0.806. The minimum absolute atomic E-state index is 0.173. The average molecular weight is 576 g/mol. The zero-order valence-corrected chi connectivity index (χ0v) is 24.4. The van der Waals surface area contributed by atoms with Crippen molar-refractivity contribution in [3.8, 4) is 0 Å². The molecule has 0 aromatic heterocycles. The predicted molar refractivity (Wildman–Crippen MR) is 165 cm³/mol. The van der Waals surface area contributed by atoms with E-state index >= 15 is 0 Å². The number of nitrogens with one attached hydrogen (secondary N) is 2. The van der Waals surface area contributed by atoms with E-state index in [9.17, 15) is 14.7 Å². The van der Waals surface area contributed by atoms with Crippen molar-refractivity contribution in [3.05, 3.63) is 107 Å². The first kappa shape index (κ1) is 29.5. The topological polar surface area (TPSA) is 104 Å². The van der Waals surface area contributed by atoms with Crippen LogP contribution in [0.3, 0.4) is 0 Å². The fourth-order valence-corrected chi connectivity index (χ4v) is 5.68. The summed E-state index contributed by atoms with van der Waals surface area (Å²) in [6, 6.07) is 25.5. The van der Waals surface area contributed by atoms with Gasteiger partial charge in [-0.05, 0) is 73.5 Å². The number of anilines is 1. The van der Waals surface area contributed by atoms with Gasteiger partial charge in [-0.3, -0.25) is 9.59 Å². The SMILES string of the molecule is CC(C)(C)NC(=O)c1ccccc1C[C@@H](O)[C@H](CSc1ccc2ccccc2c1)NC(=O)c1ccc(N)cc1Cl. The normalized spacial score (nSPS) is 13.0. The molecule has 0 radical (unpaired) electrons. The lowest BCUT2D eigenvalue weighted by atomic mass is 9.97. The van der Waals surface area contributed by atoms with Crippen LogP contribution in [0.4, 0.5) is 5.69 Å². The van der Waals surface area contributed by atoms with E-state index in [1.807, 2.05) is 51.1 Å². The molecule has 4 aromatic rings. The van der Waals surface area contributed by atoms with Gasteiger partial charge >= 0.3 is 0 Å². The number of rotatable bonds is 9. The number of fused-ring (bicyclic) bond motifs is 1. The molecule has 2 atom stereocenters. The van der Waals surface area contributed by atoms with Gasteiger partial charge < -0.3 is 21.5 Å². The maximum Gasteiger partial charge on any atom is 0.253 e. The molecule has 6 nitrogen and oxygen atoms in total. The van der Waals surface area contributed by atoms with Crippen LogP contribution in [0.2, 0.25) is 5.02 Å². The number of carbonyl (C=O) groups is 2. The minimum Gasteiger partial charge on any atom is -0.399 e. The minimum atomic E-state index is -0.979. The highest BCUT2D eigenvalue weighted by Crippen LogP contribution is 2.26. The lowest BCUT2D eigenvalue weighted by Gasteiger charge is -2.26. The number of thioether (sulfide) groups is 1. The fraction of sp³-hybridized carbons (Fsp3) is 0.250. The molecule has 0 spiro atoms. The summed E-state index contributed by atoms with van der Waals surface area (Å²) in [7, 11) is 0. The first-order valence-electron chi connectivity index (χ1n) is 13.1. The maximum absolute atomic E-state index is 13.2. The summed E-state index contributed by atoms with van der Waals surface area (Å²) in [5, 5.41) is 19.9. The van der Waals surface area contributed by atoms with Crippen molar-refractivity contribution in [2.45, 2.75) is 49.8 Å². The van der Waals surface area contributed by atoms with Crippen LogP contribution < -0.4 is 16.4 Å². The molecule has 208 valence electrons. The first-order valence-corrected chi connectivity index (χ1v) is 14.4. The molecule has 0 aliphatic carbocycles. The van der Waals surface area contributed by atoms with Crippen LogP contribution in [0.25, 0.3) is 10.8 Å². The van der Waals surface area contributed by atoms with Crippen molar-refractivity contribution in [1.29, 1.82) is 0 Å². The van der Waals surface area contributed by atoms with Crippen molar-refractivity contribution in [2.24, 2.45) is 0 Å². The Hall–Kier alpha value is -3.52. The zero-order valence-electron chi connectivity index (χ0n) is 22.8. The first-order chi connectivity index (χ1) is 19.0. The van der Waals surface area contributed by atoms with E-state index in [0.29, 0.717) is 22.6 Å². The van der Waals surface area contributed by atoms with Crippen LogP contribution in [0, 0.1) is 0 Å². The Labute approximate surface area is 244 Å². The van der Waals surface area contributed by atoms with Gasteiger partial charge in [0.1, 0.15) is 0 Å². The van der Waals surface area contributed by atoms with Crippen LogP contribution >= 0.6 is 23.4 Å². The Morgan fingerprint density at radius 3 is 2.33 bits per heavy atom. The van der Waals surface area contributed by atoms with Crippen molar-refractivity contribution in [3.63, 3.8) is 0 Å². The molecule has 0 bridgehead atoms. The summed E-state index contributed by atoms with van der Waals surface area (Å²) >= 11 is 7.84. The Morgan fingerprint density at radius 1 is 0.900 bits per heavy atom. The maximum atomic E-state index is 13.2. The highest BCUT2D eigenvalue weighted by atomic mass is 35.5. The van der Waals surface area contributed by atoms with Crippen molar-refractivity contribution in [2.75, 3.05) is 11.5 Å². The monoisotopic (exact) mass is 575 g/mol. The smallest absolute Gasteiger partial charge is 0.253 e. The van der Waals surface area contributed by atoms with Gasteiger partial charge in [0.05, 0.1) is 22.7 Å². The molecular weight excluding hydrogens is 542 g/mol. The van der Waals surface area contributed by atoms with Gasteiger partial charge in [-0.1, -0.05) is 60.1 Å². The molecule has 0 fully saturated rings. The summed E-state index contributed by atoms with van der Waals surface area (Å²) < 4.78 is 0. The van der Waals surface area contributed by atoms with E-state index in [-0.39, 0.29) is 22.9 Å². The van der Waals surface area contributed by atoms with E-state index < -0.39 is 23.6 Å². The molecule has 4 rings (SSSR count). The fourth-order valence-electron chi connectivity index (χ4n) is 4.35. The van der Waals surface area contributed by atoms with Crippen LogP contribution in [-0.4, -0.2) is 40.4 Å². The third kappa shape index (κ3) is 7.78. The lowest BCUT2D eigenvalue weighted by molar-refractivity contribution is 0.0850. The molecule has 0 saturated heterocycles. The van der Waals surface area contributed by atoms with Gasteiger partial charge in [-0.2, -0.15) is 0 Å². The van der Waals surface area contributed by atoms with Gasteiger partial charge in [-0.25, -0.2) is 0 Å². The Morgan fingerprint density at radius 2 is 1.60 bits per heavy atom. The average Bonchev–Trinajstić information content (AvgIpc) is 2.90. The third-order valence-corrected chi connectivity index (χ3v) is 7.77. The molecule has 5 N–H and O–H groups in total. The summed E-state index contributed by atoms with van der Waals surface area (Å²) in [6.45, 7) is 5.75. The van der Waals surface area contributed by atoms with Crippen molar-refractivity contribution in [1.82, 2.24) is 10.6 Å². The molecule has 0 unspecified atom stereocenters. The number of carbonyl (C=O) groups excluding carboxylic acids is 2. The third-order valence-electron chi connectivity index (χ3n) is 6.35. The second kappa shape index (κ2) is 12.8. The van der Waals surface area contributed by atoms with Crippen molar-refractivity contribution >= 4 is 51.6 Å². The number of nitrogens with two attached hydrogens (primary N) is 1. The Bertz CT molecular complexity index is 1520. The van der Waals surface area contributed by atoms with Crippen LogP contribution in [0.5, 0.6) is 0 Å². The molecule has 8 heteroatoms. The summed E-state index contributed by atoms with van der Waals surface area (Å²) in [5.41, 5.74) is 7.30. The van der Waals surface area contributed by atoms with Crippen molar-refractivity contribution < 1.29 is 14.7 Å². The van der Waals surface area contributed by atoms with E-state index in [2.05, 4.69) is 34.9 Å². The molecule has 2 amide bonds. The van der Waals surface area contributed by atoms with Gasteiger partial charge in [0.2, 0.25) is 0 Å². The molecular formula is C32H34ClN3O3S. The summed E-state index contributed by atoms with van der Waals surface area (Å²) in [5.74, 6) is -0.226. The molecule has 0 aliphatic heterocycles. The number of hydrogen-bond donors (Lipinski definition) is 4. The predicted octanol–water partition coefficient (Wildman–Crippen LogP) is 6.10. The van der Waals surface area contributed by atoms with E-state index in [1.54, 1.807) is 24.3 Å². The zero-order chi connectivity index (χ0) is 28.9. The van der Waals surface area contributed by atoms with Crippen LogP contribution in [-0.2, 0) is 6.42 Å². The standard InChI is InChI=1S/C32H34ClN3O3S/c1-32(2,3)36-31(39)25-11-7-6-10-22(25)17-29(37)28(35-30(38)26-15-13-23(34)18-27(26)33)19-40-24-14-12-20-8-4-5-9-21(20)16-24/h4-16,18,28-29,37H,17,19,34H2,1-3H3,(H,35,38)(H,36,39)/t28-,29+/m0/s1. The molecule has 40 heavy (non-hydrogen) atoms. The number of aliphatic hydroxyl groups is 1. The highest BCUT2D eigenvalue weighted by Gasteiger charge is 2.26. The molecule has 0 aliphatic rings. The number of nitrogen functional groups attached to an aromatic ring is 1. The van der Waals surface area contributed by atoms with E-state index in [1.165, 1.54) is 17.8 Å². The second-order valence-electron chi connectivity index (χ2n) is 10.8. The number of aliphatic hydroxyl groups excluding tert-OH is 1. The second-order valence-corrected chi connectivity index (χ2v) is 12.3. The summed E-state index contributed by atoms with van der Waals surface area (Å²) in [4.78, 5) is 27.2. The highest BCUT2D eigenvalue weighted by molar-refractivity contribution is 7.99. The number of benzene rings is 4. The Balaban J connectivity index is 1.57. The van der Waals surface area contributed by atoms with Gasteiger partial charge in [0.25, 0.3) is 11.8 Å². The van der Waals surface area contributed by atoms with Gasteiger partial charge in [0.15, 0.2) is 0 Å². The van der Waals surface area contributed by atoms with E-state index in [4.69, 9.17) is 17.3 Å². The van der Waals surface area contributed by atoms with Crippen LogP contribution in [0.15, 0.2) is 89.8 Å². The molecule has 0 heterocycles. The number of amides is 2.